The number of aliphatic hydroxyl groups is 1. The maximum absolute atomic E-state index is 15.8. The average molecular weight is 1480 g/mol. The molecule has 1 aliphatic carbocycles. The number of methoxy groups -OCH3 is 6. The van der Waals surface area contributed by atoms with Crippen LogP contribution >= 0.6 is 0 Å². The number of amides is 8. The minimum absolute atomic E-state index is 0.151. The van der Waals surface area contributed by atoms with E-state index in [9.17, 15) is 33.9 Å². The topological polar surface area (TPSA) is 328 Å². The van der Waals surface area contributed by atoms with Gasteiger partial charge in [0, 0.05) is 80.4 Å². The lowest BCUT2D eigenvalue weighted by molar-refractivity contribution is -0.148. The molecule has 17 atom stereocenters. The Hall–Kier alpha value is -7.85. The van der Waals surface area contributed by atoms with Gasteiger partial charge in [0.05, 0.1) is 99.6 Å². The van der Waals surface area contributed by atoms with Gasteiger partial charge >= 0.3 is 18.0 Å². The Kier molecular flexibility index (Phi) is 34.5. The average Bonchev–Trinajstić information content (AvgIpc) is 1.15. The molecule has 0 radical (unpaired) electrons. The molecule has 0 spiro atoms. The molecule has 8 amide bonds. The van der Waals surface area contributed by atoms with Crippen molar-refractivity contribution in [3.05, 3.63) is 89.7 Å². The van der Waals surface area contributed by atoms with E-state index >= 15 is 14.4 Å². The molecule has 1 unspecified atom stereocenters. The Bertz CT molecular complexity index is 3310. The molecule has 3 aromatic rings. The van der Waals surface area contributed by atoms with E-state index in [1.807, 2.05) is 109 Å². The quantitative estimate of drug-likeness (QED) is 0.0316. The van der Waals surface area contributed by atoms with E-state index in [0.29, 0.717) is 83.0 Å². The number of benzene rings is 2. The lowest BCUT2D eigenvalue weighted by atomic mass is 9.77. The molecule has 27 heteroatoms. The van der Waals surface area contributed by atoms with E-state index in [4.69, 9.17) is 28.4 Å². The first-order valence-electron chi connectivity index (χ1n) is 37.9. The monoisotopic (exact) mass is 1480 g/mol. The SMILES string of the molecule is CC[C@H](CCC(C)[C@H](NC(=O)NC1(CO)CCC1)C(=O)N(C)[C@@H]([C@@H](C)CC)[C@@H](CC(=O)N1CCC[C@H]1[C@H](OC)[C@@H](C)C(=O)N[C@@H](Cc1ccccc1)C(=O)OC)OC)[C@@H]([C@@H](CC(=O)N1CCC[C@H]1[C@H](OC)[C@@H](C)C(=O)N[C@@H](Cc1ccccc1)C(=O)OC)OC)N(C)C(=O)[C@@H](Nc1nccc(C)n1)C(C)C. The van der Waals surface area contributed by atoms with Gasteiger partial charge in [-0.15, -0.1) is 0 Å². The predicted molar refractivity (Wildman–Crippen MR) is 401 cm³/mol. The van der Waals surface area contributed by atoms with E-state index in [2.05, 4.69) is 36.6 Å². The summed E-state index contributed by atoms with van der Waals surface area (Å²) in [7, 11) is 11.9. The maximum atomic E-state index is 15.8. The first-order chi connectivity index (χ1) is 50.6. The van der Waals surface area contributed by atoms with Gasteiger partial charge in [0.25, 0.3) is 0 Å². The zero-order valence-corrected chi connectivity index (χ0v) is 65.8. The summed E-state index contributed by atoms with van der Waals surface area (Å²) in [6.07, 6.45) is 4.20. The lowest BCUT2D eigenvalue weighted by Gasteiger charge is -2.43. The van der Waals surface area contributed by atoms with Crippen LogP contribution in [0.25, 0.3) is 0 Å². The van der Waals surface area contributed by atoms with E-state index in [-0.39, 0.29) is 67.8 Å². The van der Waals surface area contributed by atoms with Crippen LogP contribution in [0.5, 0.6) is 0 Å². The van der Waals surface area contributed by atoms with Crippen molar-refractivity contribution in [1.29, 1.82) is 0 Å². The van der Waals surface area contributed by atoms with Crippen LogP contribution in [-0.4, -0.2) is 243 Å². The highest BCUT2D eigenvalue weighted by atomic mass is 16.5. The molecule has 2 aliphatic heterocycles. The number of nitrogens with one attached hydrogen (secondary N) is 5. The summed E-state index contributed by atoms with van der Waals surface area (Å²) in [4.78, 5) is 146. The fraction of sp³-hybridized carbons (Fsp3) is 0.684. The highest BCUT2D eigenvalue weighted by Gasteiger charge is 2.48. The Morgan fingerprint density at radius 3 is 1.47 bits per heavy atom. The van der Waals surface area contributed by atoms with E-state index < -0.39 is 138 Å². The van der Waals surface area contributed by atoms with Gasteiger partial charge in [-0.3, -0.25) is 28.8 Å². The number of esters is 2. The first-order valence-corrected chi connectivity index (χ1v) is 37.9. The highest BCUT2D eigenvalue weighted by Crippen LogP contribution is 2.36. The van der Waals surface area contributed by atoms with Crippen molar-refractivity contribution in [1.82, 2.24) is 50.8 Å². The molecule has 1 saturated carbocycles. The van der Waals surface area contributed by atoms with Crippen molar-refractivity contribution in [3.8, 4) is 0 Å². The van der Waals surface area contributed by atoms with Gasteiger partial charge in [0.15, 0.2) is 0 Å². The number of hydrogen-bond acceptors (Lipinski definition) is 19. The molecule has 3 heterocycles. The van der Waals surface area contributed by atoms with Crippen LogP contribution in [0.2, 0.25) is 0 Å². The van der Waals surface area contributed by atoms with Crippen LogP contribution in [0.3, 0.4) is 0 Å². The second-order valence-electron chi connectivity index (χ2n) is 29.8. The maximum Gasteiger partial charge on any atom is 0.328 e. The van der Waals surface area contributed by atoms with Crippen LogP contribution < -0.4 is 26.6 Å². The Labute approximate surface area is 628 Å². The summed E-state index contributed by atoms with van der Waals surface area (Å²) in [5, 5.41) is 25.6. The normalized spacial score (nSPS) is 19.8. The van der Waals surface area contributed by atoms with Crippen molar-refractivity contribution in [2.24, 2.45) is 35.5 Å². The Morgan fingerprint density at radius 2 is 1.07 bits per heavy atom. The van der Waals surface area contributed by atoms with Crippen molar-refractivity contribution >= 4 is 59.4 Å². The number of nitrogens with zero attached hydrogens (tertiary/aromatic N) is 6. The number of likely N-dealkylation sites (N-methyl/N-ethyl adjacent to an activating group) is 2. The summed E-state index contributed by atoms with van der Waals surface area (Å²) < 4.78 is 35.1. The van der Waals surface area contributed by atoms with Gasteiger partial charge in [-0.05, 0) is 106 Å². The number of anilines is 1. The first kappa shape index (κ1) is 87.1. The fourth-order valence-electron chi connectivity index (χ4n) is 15.9. The van der Waals surface area contributed by atoms with Gasteiger partial charge in [-0.1, -0.05) is 129 Å². The number of aryl methyl sites for hydroxylation is 1. The molecule has 106 heavy (non-hydrogen) atoms. The minimum Gasteiger partial charge on any atom is -0.467 e. The van der Waals surface area contributed by atoms with Gasteiger partial charge < -0.3 is 79.7 Å². The molecule has 1 aromatic heterocycles. The third-order valence-electron chi connectivity index (χ3n) is 22.6. The summed E-state index contributed by atoms with van der Waals surface area (Å²) in [6, 6.07) is 13.1. The number of rotatable bonds is 42. The predicted octanol–water partition coefficient (Wildman–Crippen LogP) is 6.84. The number of urea groups is 1. The molecule has 2 aromatic carbocycles. The van der Waals surface area contributed by atoms with Gasteiger partial charge in [0.2, 0.25) is 41.4 Å². The highest BCUT2D eigenvalue weighted by molar-refractivity contribution is 5.89. The number of hydrogen-bond donors (Lipinski definition) is 6. The molecular weight excluding hydrogens is 1360 g/mol. The third-order valence-corrected chi connectivity index (χ3v) is 22.6. The number of carbonyl (C=O) groups is 9. The summed E-state index contributed by atoms with van der Waals surface area (Å²) >= 11 is 0. The molecule has 0 bridgehead atoms. The molecule has 2 saturated heterocycles. The smallest absolute Gasteiger partial charge is 0.328 e. The van der Waals surface area contributed by atoms with Crippen molar-refractivity contribution < 1.29 is 76.7 Å². The zero-order chi connectivity index (χ0) is 78.1. The van der Waals surface area contributed by atoms with Gasteiger partial charge in [-0.25, -0.2) is 24.4 Å². The fourth-order valence-corrected chi connectivity index (χ4v) is 15.9. The van der Waals surface area contributed by atoms with Gasteiger partial charge in [0.1, 0.15) is 24.2 Å². The van der Waals surface area contributed by atoms with E-state index in [1.165, 1.54) is 42.7 Å². The second kappa shape index (κ2) is 42.0. The summed E-state index contributed by atoms with van der Waals surface area (Å²) in [6.45, 7) is 17.3. The summed E-state index contributed by atoms with van der Waals surface area (Å²) in [5.74, 6) is -6.36. The van der Waals surface area contributed by atoms with Crippen molar-refractivity contribution in [2.75, 3.05) is 81.8 Å². The molecule has 27 nitrogen and oxygen atoms in total. The largest absolute Gasteiger partial charge is 0.467 e. The zero-order valence-electron chi connectivity index (χ0n) is 65.8. The van der Waals surface area contributed by atoms with E-state index in [1.54, 1.807) is 59.8 Å². The Balaban J connectivity index is 1.29. The van der Waals surface area contributed by atoms with Crippen molar-refractivity contribution in [3.63, 3.8) is 0 Å². The molecule has 3 fully saturated rings. The summed E-state index contributed by atoms with van der Waals surface area (Å²) in [5.41, 5.74) is 1.47. The standard InChI is InChI=1S/C79H123N11O16/c1-18-49(5)67(61(101-12)45-63(92)89-41-26-33-59(89)69(103-14)52(8)71(94)82-57(75(98)105-16)43-54-29-22-20-23-30-54)87(10)74(97)66(85-78(100)86-79(47-91)38-28-39-79)50(6)35-36-56(19-2)68(88(11)73(96)65(48(3)4)84-77-80-40-37-51(7)81-77)62(102-13)46-64(93)90-42-27-34-60(90)70(104-15)53(9)72(95)83-58(76(99)106-17)44-55-31-24-21-25-32-55/h20-25,29-32,37,40,48-50,52-53,56-62,65-70,91H,18-19,26-28,33-36,38-39,41-47H2,1-17H3,(H,82,94)(H,83,95)(H,80,81,84)(H2,85,86,100)/t49-,50?,52+,53+,56+,57-,58-,59-,60-,61+,62+,65-,66-,67-,68-,69+,70+/m0/s1. The van der Waals surface area contributed by atoms with Crippen LogP contribution in [0.15, 0.2) is 72.9 Å². The number of aliphatic hydroxyl groups excluding tert-OH is 1. The van der Waals surface area contributed by atoms with Crippen molar-refractivity contribution in [2.45, 2.75) is 237 Å². The second-order valence-corrected chi connectivity index (χ2v) is 29.8. The number of carbonyl (C=O) groups excluding carboxylic acids is 9. The lowest BCUT2D eigenvalue weighted by Crippen LogP contribution is -2.63. The van der Waals surface area contributed by atoms with Crippen LogP contribution in [0, 0.1) is 42.4 Å². The van der Waals surface area contributed by atoms with Crippen LogP contribution in [-0.2, 0) is 79.6 Å². The number of likely N-dealkylation sites (tertiary alicyclic amines) is 2. The molecule has 3 aliphatic rings. The molecule has 6 rings (SSSR count). The van der Waals surface area contributed by atoms with E-state index in [0.717, 1.165) is 17.5 Å². The molecule has 590 valence electrons. The van der Waals surface area contributed by atoms with Gasteiger partial charge in [-0.2, -0.15) is 0 Å². The third kappa shape index (κ3) is 22.9. The molecular formula is C79H123N11O16. The Morgan fingerprint density at radius 1 is 0.594 bits per heavy atom. The molecule has 6 N–H and O–H groups in total. The number of aromatic nitrogens is 2. The number of ether oxygens (including phenoxy) is 6. The minimum atomic E-state index is -1.19. The van der Waals surface area contributed by atoms with Crippen LogP contribution in [0.4, 0.5) is 10.7 Å². The van der Waals surface area contributed by atoms with Crippen LogP contribution in [0.1, 0.15) is 156 Å².